The van der Waals surface area contributed by atoms with Crippen LogP contribution in [-0.2, 0) is 16.8 Å². The van der Waals surface area contributed by atoms with Crippen molar-refractivity contribution in [3.8, 4) is 5.75 Å². The second-order valence-electron chi connectivity index (χ2n) is 7.36. The zero-order chi connectivity index (χ0) is 18.6. The Morgan fingerprint density at radius 2 is 1.64 bits per heavy atom. The number of nitrogens with zero attached hydrogens (tertiary/aromatic N) is 1. The van der Waals surface area contributed by atoms with Crippen molar-refractivity contribution in [2.75, 3.05) is 7.05 Å². The van der Waals surface area contributed by atoms with E-state index in [0.29, 0.717) is 17.3 Å². The first-order chi connectivity index (χ1) is 11.7. The highest BCUT2D eigenvalue weighted by molar-refractivity contribution is 6.30. The van der Waals surface area contributed by atoms with Crippen LogP contribution < -0.4 is 4.74 Å². The molecule has 2 aromatic rings. The molecule has 0 saturated carbocycles. The lowest BCUT2D eigenvalue weighted by Crippen LogP contribution is -2.37. The molecule has 0 aliphatic carbocycles. The number of hydrogen-bond donors (Lipinski definition) is 0. The fourth-order valence-corrected chi connectivity index (χ4v) is 2.67. The summed E-state index contributed by atoms with van der Waals surface area (Å²) in [5.41, 5.74) is 2.51. The highest BCUT2D eigenvalue weighted by Gasteiger charge is 2.20. The molecule has 1 amide bonds. The Kier molecular flexibility index (Phi) is 6.12. The van der Waals surface area contributed by atoms with Gasteiger partial charge in [0.1, 0.15) is 5.75 Å². The zero-order valence-electron chi connectivity index (χ0n) is 15.5. The Bertz CT molecular complexity index is 702. The molecule has 0 aliphatic heterocycles. The number of likely N-dealkylation sites (N-methyl/N-ethyl adjacent to an activating group) is 1. The van der Waals surface area contributed by atoms with E-state index in [9.17, 15) is 4.79 Å². The van der Waals surface area contributed by atoms with E-state index in [4.69, 9.17) is 16.3 Å². The molecule has 134 valence electrons. The number of hydrogen-bond acceptors (Lipinski definition) is 2. The normalized spacial score (nSPS) is 12.6. The predicted molar refractivity (Wildman–Crippen MR) is 103 cm³/mol. The summed E-state index contributed by atoms with van der Waals surface area (Å²) < 4.78 is 5.70. The Hall–Kier alpha value is -2.00. The van der Waals surface area contributed by atoms with Gasteiger partial charge in [0.05, 0.1) is 0 Å². The van der Waals surface area contributed by atoms with Gasteiger partial charge in [-0.15, -0.1) is 0 Å². The van der Waals surface area contributed by atoms with Crippen LogP contribution in [0.1, 0.15) is 38.8 Å². The van der Waals surface area contributed by atoms with Crippen molar-refractivity contribution in [1.29, 1.82) is 0 Å². The van der Waals surface area contributed by atoms with Crippen molar-refractivity contribution in [3.05, 3.63) is 64.7 Å². The Balaban J connectivity index is 1.96. The first-order valence-electron chi connectivity index (χ1n) is 8.43. The molecule has 3 nitrogen and oxygen atoms in total. The zero-order valence-corrected chi connectivity index (χ0v) is 16.3. The lowest BCUT2D eigenvalue weighted by atomic mass is 9.87. The molecule has 2 aromatic carbocycles. The van der Waals surface area contributed by atoms with Crippen molar-refractivity contribution >= 4 is 17.5 Å². The van der Waals surface area contributed by atoms with Crippen LogP contribution in [0.4, 0.5) is 0 Å². The lowest BCUT2D eigenvalue weighted by molar-refractivity contribution is -0.137. The van der Waals surface area contributed by atoms with Crippen LogP contribution in [0.15, 0.2) is 48.5 Å². The van der Waals surface area contributed by atoms with Gasteiger partial charge in [0.15, 0.2) is 6.10 Å². The van der Waals surface area contributed by atoms with Crippen molar-refractivity contribution in [2.24, 2.45) is 0 Å². The van der Waals surface area contributed by atoms with E-state index >= 15 is 0 Å². The van der Waals surface area contributed by atoms with Gasteiger partial charge in [0.2, 0.25) is 0 Å². The molecule has 0 saturated heterocycles. The van der Waals surface area contributed by atoms with Crippen LogP contribution in [-0.4, -0.2) is 24.0 Å². The maximum atomic E-state index is 12.5. The van der Waals surface area contributed by atoms with E-state index in [1.165, 1.54) is 5.56 Å². The molecule has 1 atom stereocenters. The topological polar surface area (TPSA) is 29.5 Å². The fourth-order valence-electron chi connectivity index (χ4n) is 2.54. The Morgan fingerprint density at radius 1 is 1.08 bits per heavy atom. The summed E-state index contributed by atoms with van der Waals surface area (Å²) in [4.78, 5) is 14.2. The Labute approximate surface area is 155 Å². The van der Waals surface area contributed by atoms with Crippen LogP contribution in [0.2, 0.25) is 5.02 Å². The number of halogens is 1. The van der Waals surface area contributed by atoms with Gasteiger partial charge in [0, 0.05) is 18.6 Å². The molecule has 0 aromatic heterocycles. The van der Waals surface area contributed by atoms with E-state index < -0.39 is 6.10 Å². The number of benzene rings is 2. The summed E-state index contributed by atoms with van der Waals surface area (Å²) in [5, 5.41) is 0.641. The maximum absolute atomic E-state index is 12.5. The third-order valence-electron chi connectivity index (χ3n) is 4.09. The fraction of sp³-hybridized carbons (Fsp3) is 0.381. The molecule has 0 unspecified atom stereocenters. The van der Waals surface area contributed by atoms with Gasteiger partial charge in [-0.2, -0.15) is 0 Å². The van der Waals surface area contributed by atoms with Gasteiger partial charge in [-0.1, -0.05) is 56.6 Å². The average molecular weight is 360 g/mol. The number of ether oxygens (including phenoxy) is 1. The van der Waals surface area contributed by atoms with Gasteiger partial charge >= 0.3 is 0 Å². The van der Waals surface area contributed by atoms with Crippen LogP contribution in [0.3, 0.4) is 0 Å². The van der Waals surface area contributed by atoms with E-state index in [2.05, 4.69) is 45.0 Å². The van der Waals surface area contributed by atoms with Gasteiger partial charge in [-0.25, -0.2) is 0 Å². The summed E-state index contributed by atoms with van der Waals surface area (Å²) in [6.07, 6.45) is -0.556. The molecule has 2 rings (SSSR count). The Morgan fingerprint density at radius 3 is 2.16 bits per heavy atom. The summed E-state index contributed by atoms with van der Waals surface area (Å²) in [6.45, 7) is 8.88. The van der Waals surface area contributed by atoms with Crippen molar-refractivity contribution < 1.29 is 9.53 Å². The number of carbonyl (C=O) groups excluding carboxylic acids is 1. The second-order valence-corrected chi connectivity index (χ2v) is 7.79. The minimum absolute atomic E-state index is 0.0603. The monoisotopic (exact) mass is 359 g/mol. The van der Waals surface area contributed by atoms with E-state index in [1.54, 1.807) is 43.1 Å². The van der Waals surface area contributed by atoms with Gasteiger partial charge in [0.25, 0.3) is 5.91 Å². The van der Waals surface area contributed by atoms with Crippen molar-refractivity contribution in [1.82, 2.24) is 4.90 Å². The van der Waals surface area contributed by atoms with Crippen LogP contribution in [0, 0.1) is 0 Å². The third kappa shape index (κ3) is 5.50. The van der Waals surface area contributed by atoms with E-state index in [-0.39, 0.29) is 11.3 Å². The molecule has 0 radical (unpaired) electrons. The number of carbonyl (C=O) groups is 1. The standard InChI is InChI=1S/C21H26ClNO2/c1-15(25-19-12-10-18(22)11-13-19)20(24)23(5)14-16-6-8-17(9-7-16)21(2,3)4/h6-13,15H,14H2,1-5H3/t15-/m1/s1. The summed E-state index contributed by atoms with van der Waals surface area (Å²) in [5.74, 6) is 0.572. The van der Waals surface area contributed by atoms with E-state index in [1.807, 2.05) is 0 Å². The van der Waals surface area contributed by atoms with Gasteiger partial charge in [-0.05, 0) is 47.7 Å². The number of amides is 1. The summed E-state index contributed by atoms with van der Waals surface area (Å²) in [6, 6.07) is 15.4. The van der Waals surface area contributed by atoms with Crippen molar-refractivity contribution in [2.45, 2.75) is 45.8 Å². The van der Waals surface area contributed by atoms with Gasteiger partial charge in [-0.3, -0.25) is 4.79 Å². The quantitative estimate of drug-likeness (QED) is 0.746. The second kappa shape index (κ2) is 7.92. The lowest BCUT2D eigenvalue weighted by Gasteiger charge is -2.23. The molecule has 25 heavy (non-hydrogen) atoms. The van der Waals surface area contributed by atoms with Crippen LogP contribution in [0.5, 0.6) is 5.75 Å². The molecular formula is C21H26ClNO2. The summed E-state index contributed by atoms with van der Waals surface area (Å²) >= 11 is 5.86. The van der Waals surface area contributed by atoms with Crippen LogP contribution >= 0.6 is 11.6 Å². The molecular weight excluding hydrogens is 334 g/mol. The molecule has 0 fully saturated rings. The third-order valence-corrected chi connectivity index (χ3v) is 4.34. The minimum atomic E-state index is -0.556. The predicted octanol–water partition coefficient (Wildman–Crippen LogP) is 5.06. The summed E-state index contributed by atoms with van der Waals surface area (Å²) in [7, 11) is 1.79. The molecule has 4 heteroatoms. The average Bonchev–Trinajstić information content (AvgIpc) is 2.55. The molecule has 0 heterocycles. The SMILES string of the molecule is C[C@@H](Oc1ccc(Cl)cc1)C(=O)N(C)Cc1ccc(C(C)(C)C)cc1. The number of rotatable bonds is 5. The molecule has 0 aliphatic rings. The smallest absolute Gasteiger partial charge is 0.263 e. The van der Waals surface area contributed by atoms with Gasteiger partial charge < -0.3 is 9.64 Å². The first-order valence-corrected chi connectivity index (χ1v) is 8.81. The van der Waals surface area contributed by atoms with E-state index in [0.717, 1.165) is 5.56 Å². The highest BCUT2D eigenvalue weighted by atomic mass is 35.5. The molecule has 0 spiro atoms. The molecule has 0 N–H and O–H groups in total. The largest absolute Gasteiger partial charge is 0.481 e. The van der Waals surface area contributed by atoms with Crippen LogP contribution in [0.25, 0.3) is 0 Å². The highest BCUT2D eigenvalue weighted by Crippen LogP contribution is 2.22. The van der Waals surface area contributed by atoms with Crippen molar-refractivity contribution in [3.63, 3.8) is 0 Å². The maximum Gasteiger partial charge on any atom is 0.263 e. The minimum Gasteiger partial charge on any atom is -0.481 e. The first kappa shape index (κ1) is 19.3. The molecule has 0 bridgehead atoms.